The van der Waals surface area contributed by atoms with E-state index in [2.05, 4.69) is 5.32 Å². The summed E-state index contributed by atoms with van der Waals surface area (Å²) in [5.41, 5.74) is 0. The molecule has 1 unspecified atom stereocenters. The van der Waals surface area contributed by atoms with E-state index in [0.29, 0.717) is 26.2 Å². The standard InChI is InChI=1S/C15H27N3O4S.ClH/c1-12(2)10-23(21,22)11-15(20)17-6-3-4-13(9-17)18-7-5-16-8-14(18)19;/h12-13,16H,3-11H2,1-2H3;1H. The number of nitrogens with one attached hydrogen (secondary N) is 1. The van der Waals surface area contributed by atoms with Crippen LogP contribution in [-0.4, -0.2) is 80.3 Å². The Balaban J connectivity index is 0.00000288. The molecule has 2 saturated heterocycles. The van der Waals surface area contributed by atoms with E-state index in [4.69, 9.17) is 0 Å². The third-order valence-corrected chi connectivity index (χ3v) is 6.11. The van der Waals surface area contributed by atoms with Crippen LogP contribution in [0, 0.1) is 5.92 Å². The number of rotatable bonds is 5. The second-order valence-corrected chi connectivity index (χ2v) is 8.96. The van der Waals surface area contributed by atoms with Crippen molar-refractivity contribution in [3.63, 3.8) is 0 Å². The molecule has 0 aromatic rings. The van der Waals surface area contributed by atoms with Gasteiger partial charge in [-0.3, -0.25) is 9.59 Å². The maximum atomic E-state index is 12.3. The van der Waals surface area contributed by atoms with Gasteiger partial charge in [0, 0.05) is 32.2 Å². The zero-order valence-corrected chi connectivity index (χ0v) is 16.0. The largest absolute Gasteiger partial charge is 0.340 e. The van der Waals surface area contributed by atoms with Crippen LogP contribution in [0.4, 0.5) is 0 Å². The first-order valence-electron chi connectivity index (χ1n) is 8.27. The lowest BCUT2D eigenvalue weighted by atomic mass is 10.0. The molecule has 0 spiro atoms. The Morgan fingerprint density at radius 3 is 2.67 bits per heavy atom. The summed E-state index contributed by atoms with van der Waals surface area (Å²) in [6, 6.07) is 0.00935. The summed E-state index contributed by atoms with van der Waals surface area (Å²) >= 11 is 0. The molecule has 2 rings (SSSR count). The van der Waals surface area contributed by atoms with Gasteiger partial charge in [-0.25, -0.2) is 8.42 Å². The van der Waals surface area contributed by atoms with Crippen molar-refractivity contribution in [3.8, 4) is 0 Å². The molecule has 0 aromatic carbocycles. The number of hydrogen-bond acceptors (Lipinski definition) is 5. The molecule has 2 amide bonds. The molecule has 2 heterocycles. The molecule has 7 nitrogen and oxygen atoms in total. The van der Waals surface area contributed by atoms with Crippen molar-refractivity contribution in [2.45, 2.75) is 32.7 Å². The molecule has 0 bridgehead atoms. The van der Waals surface area contributed by atoms with Gasteiger partial charge in [-0.15, -0.1) is 12.4 Å². The molecule has 140 valence electrons. The number of likely N-dealkylation sites (tertiary alicyclic amines) is 1. The van der Waals surface area contributed by atoms with E-state index in [1.807, 2.05) is 18.7 Å². The van der Waals surface area contributed by atoms with Crippen LogP contribution in [0.2, 0.25) is 0 Å². The summed E-state index contributed by atoms with van der Waals surface area (Å²) in [6.45, 7) is 6.43. The minimum atomic E-state index is -3.36. The SMILES string of the molecule is CC(C)CS(=O)(=O)CC(=O)N1CCCC(N2CCNCC2=O)C1.Cl. The third-order valence-electron chi connectivity index (χ3n) is 4.25. The monoisotopic (exact) mass is 381 g/mol. The predicted octanol–water partition coefficient (Wildman–Crippen LogP) is -0.0982. The van der Waals surface area contributed by atoms with Crippen LogP contribution in [0.15, 0.2) is 0 Å². The first-order valence-corrected chi connectivity index (χ1v) is 10.1. The van der Waals surface area contributed by atoms with Gasteiger partial charge in [0.1, 0.15) is 5.75 Å². The first-order chi connectivity index (χ1) is 10.8. The van der Waals surface area contributed by atoms with Crippen molar-refractivity contribution in [3.05, 3.63) is 0 Å². The summed E-state index contributed by atoms with van der Waals surface area (Å²) in [7, 11) is -3.36. The molecular weight excluding hydrogens is 354 g/mol. The maximum Gasteiger partial charge on any atom is 0.237 e. The molecule has 0 aliphatic carbocycles. The predicted molar refractivity (Wildman–Crippen MR) is 94.9 cm³/mol. The molecule has 0 saturated carbocycles. The third kappa shape index (κ3) is 5.89. The number of carbonyl (C=O) groups excluding carboxylic acids is 2. The van der Waals surface area contributed by atoms with Gasteiger partial charge in [0.05, 0.1) is 12.3 Å². The average molecular weight is 382 g/mol. The van der Waals surface area contributed by atoms with Gasteiger partial charge >= 0.3 is 0 Å². The number of halogens is 1. The van der Waals surface area contributed by atoms with Gasteiger partial charge in [-0.05, 0) is 18.8 Å². The number of sulfone groups is 1. The summed E-state index contributed by atoms with van der Waals surface area (Å²) in [5, 5.41) is 3.04. The van der Waals surface area contributed by atoms with Crippen molar-refractivity contribution >= 4 is 34.1 Å². The van der Waals surface area contributed by atoms with Gasteiger partial charge in [-0.2, -0.15) is 0 Å². The fraction of sp³-hybridized carbons (Fsp3) is 0.867. The minimum absolute atomic E-state index is 0. The highest BCUT2D eigenvalue weighted by molar-refractivity contribution is 7.92. The van der Waals surface area contributed by atoms with Crippen LogP contribution in [0.5, 0.6) is 0 Å². The molecule has 2 aliphatic heterocycles. The number of hydrogen-bond donors (Lipinski definition) is 1. The van der Waals surface area contributed by atoms with Gasteiger partial charge in [0.25, 0.3) is 0 Å². The fourth-order valence-electron chi connectivity index (χ4n) is 3.29. The molecular formula is C15H28ClN3O4S. The number of piperazine rings is 1. The van der Waals surface area contributed by atoms with Gasteiger partial charge in [-0.1, -0.05) is 13.8 Å². The molecule has 1 N–H and O–H groups in total. The Hall–Kier alpha value is -0.860. The highest BCUT2D eigenvalue weighted by Crippen LogP contribution is 2.17. The molecule has 2 aliphatic rings. The topological polar surface area (TPSA) is 86.8 Å². The molecule has 1 atom stereocenters. The fourth-order valence-corrected chi connectivity index (χ4v) is 4.98. The van der Waals surface area contributed by atoms with Gasteiger partial charge in [0.15, 0.2) is 9.84 Å². The summed E-state index contributed by atoms with van der Waals surface area (Å²) in [4.78, 5) is 27.8. The van der Waals surface area contributed by atoms with Crippen LogP contribution < -0.4 is 5.32 Å². The Morgan fingerprint density at radius 2 is 2.04 bits per heavy atom. The second kappa shape index (κ2) is 9.01. The lowest BCUT2D eigenvalue weighted by Crippen LogP contribution is -2.58. The van der Waals surface area contributed by atoms with Crippen molar-refractivity contribution < 1.29 is 18.0 Å². The van der Waals surface area contributed by atoms with Crippen molar-refractivity contribution in [2.24, 2.45) is 5.92 Å². The molecule has 0 aromatic heterocycles. The Bertz CT molecular complexity index is 553. The summed E-state index contributed by atoms with van der Waals surface area (Å²) < 4.78 is 24.0. The van der Waals surface area contributed by atoms with E-state index in [-0.39, 0.29) is 41.9 Å². The number of piperidine rings is 1. The van der Waals surface area contributed by atoms with Crippen LogP contribution in [-0.2, 0) is 19.4 Å². The van der Waals surface area contributed by atoms with Crippen molar-refractivity contribution in [1.29, 1.82) is 0 Å². The Kier molecular flexibility index (Phi) is 7.95. The molecule has 2 fully saturated rings. The molecule has 24 heavy (non-hydrogen) atoms. The molecule has 0 radical (unpaired) electrons. The zero-order chi connectivity index (χ0) is 17.0. The maximum absolute atomic E-state index is 12.3. The highest BCUT2D eigenvalue weighted by atomic mass is 35.5. The second-order valence-electron chi connectivity index (χ2n) is 6.85. The van der Waals surface area contributed by atoms with E-state index < -0.39 is 15.6 Å². The van der Waals surface area contributed by atoms with Crippen LogP contribution in [0.25, 0.3) is 0 Å². The van der Waals surface area contributed by atoms with Gasteiger partial charge in [0.2, 0.25) is 11.8 Å². The van der Waals surface area contributed by atoms with E-state index in [9.17, 15) is 18.0 Å². The van der Waals surface area contributed by atoms with Crippen LogP contribution in [0.3, 0.4) is 0 Å². The summed E-state index contributed by atoms with van der Waals surface area (Å²) in [5.74, 6) is -0.652. The van der Waals surface area contributed by atoms with E-state index in [1.54, 1.807) is 4.90 Å². The van der Waals surface area contributed by atoms with E-state index in [1.165, 1.54) is 0 Å². The quantitative estimate of drug-likeness (QED) is 0.718. The lowest BCUT2D eigenvalue weighted by Gasteiger charge is -2.41. The summed E-state index contributed by atoms with van der Waals surface area (Å²) in [6.07, 6.45) is 1.67. The van der Waals surface area contributed by atoms with E-state index >= 15 is 0 Å². The number of amides is 2. The lowest BCUT2D eigenvalue weighted by molar-refractivity contribution is -0.139. The minimum Gasteiger partial charge on any atom is -0.340 e. The Labute approximate surface area is 150 Å². The highest BCUT2D eigenvalue weighted by Gasteiger charge is 2.32. The average Bonchev–Trinajstić information content (AvgIpc) is 2.46. The van der Waals surface area contributed by atoms with Crippen LogP contribution >= 0.6 is 12.4 Å². The zero-order valence-electron chi connectivity index (χ0n) is 14.4. The number of nitrogens with zero attached hydrogens (tertiary/aromatic N) is 2. The first kappa shape index (κ1) is 21.2. The Morgan fingerprint density at radius 1 is 1.33 bits per heavy atom. The van der Waals surface area contributed by atoms with E-state index in [0.717, 1.165) is 19.4 Å². The van der Waals surface area contributed by atoms with Crippen molar-refractivity contribution in [1.82, 2.24) is 15.1 Å². The number of carbonyl (C=O) groups is 2. The van der Waals surface area contributed by atoms with Crippen LogP contribution in [0.1, 0.15) is 26.7 Å². The molecule has 9 heteroatoms. The van der Waals surface area contributed by atoms with Crippen molar-refractivity contribution in [2.75, 3.05) is 44.2 Å². The normalized spacial score (nSPS) is 22.5. The smallest absolute Gasteiger partial charge is 0.237 e. The van der Waals surface area contributed by atoms with Gasteiger partial charge < -0.3 is 15.1 Å².